The zero-order chi connectivity index (χ0) is 19.6. The first-order valence-corrected chi connectivity index (χ1v) is 10.6. The average Bonchev–Trinajstić information content (AvgIpc) is 3.22. The molecule has 3 N–H and O–H groups in total. The molecule has 3 rings (SSSR count). The molecule has 0 amide bonds. The van der Waals surface area contributed by atoms with E-state index in [1.807, 2.05) is 50.2 Å². The smallest absolute Gasteiger partial charge is 0.282 e. The van der Waals surface area contributed by atoms with E-state index in [1.165, 1.54) is 0 Å². The van der Waals surface area contributed by atoms with E-state index < -0.39 is 10.0 Å². The van der Waals surface area contributed by atoms with Gasteiger partial charge in [0.25, 0.3) is 10.0 Å². The van der Waals surface area contributed by atoms with Crippen molar-refractivity contribution in [2.75, 3.05) is 0 Å². The Morgan fingerprint density at radius 2 is 1.35 bits per heavy atom. The number of hydrogen-bond donors (Lipinski definition) is 3. The highest BCUT2D eigenvalue weighted by Crippen LogP contribution is 2.12. The largest absolute Gasteiger partial charge is 0.508 e. The highest BCUT2D eigenvalue weighted by molar-refractivity contribution is 6.33. The van der Waals surface area contributed by atoms with Crippen LogP contribution in [0.25, 0.3) is 0 Å². The number of H-pyrrole nitrogens is 1. The number of aromatic amines is 1. The predicted octanol–water partition coefficient (Wildman–Crippen LogP) is -0.215. The Hall–Kier alpha value is -2.25. The summed E-state index contributed by atoms with van der Waals surface area (Å²) in [6.45, 7) is 3.74. The van der Waals surface area contributed by atoms with E-state index in [1.54, 1.807) is 24.5 Å². The summed E-state index contributed by atoms with van der Waals surface area (Å²) < 4.78 is 9.56. The van der Waals surface area contributed by atoms with E-state index in [9.17, 15) is 0 Å². The zero-order valence-corrected chi connectivity index (χ0v) is 21.0. The summed E-state index contributed by atoms with van der Waals surface area (Å²) in [5, 5.41) is 27.1. The molecule has 3 aromatic rings. The number of nitrogens with zero attached hydrogens (tertiary/aromatic N) is 2. The summed E-state index contributed by atoms with van der Waals surface area (Å²) in [6.07, 6.45) is 3.24. The lowest BCUT2D eigenvalue weighted by Gasteiger charge is -1.92. The third kappa shape index (κ3) is 13.1. The van der Waals surface area contributed by atoms with Crippen LogP contribution in [0.3, 0.4) is 0 Å². The van der Waals surface area contributed by atoms with Crippen molar-refractivity contribution in [3.05, 3.63) is 72.1 Å². The van der Waals surface area contributed by atoms with Gasteiger partial charge in [-0.3, -0.25) is 5.10 Å². The SMILES string of the molecule is Cc1ccccc1O.Cc1ccccc1O.[SiH3]O[SiH2]O[SiH3].c1c[nH]nn1. The number of aromatic nitrogens is 3. The lowest BCUT2D eigenvalue weighted by molar-refractivity contribution is 0.470. The van der Waals surface area contributed by atoms with Gasteiger partial charge in [0.15, 0.2) is 0 Å². The minimum atomic E-state index is -0.444. The van der Waals surface area contributed by atoms with Gasteiger partial charge in [-0.1, -0.05) is 41.6 Å². The quantitative estimate of drug-likeness (QED) is 0.506. The molecular formula is C16H27N3O4Si3. The van der Waals surface area contributed by atoms with Gasteiger partial charge in [0.1, 0.15) is 32.5 Å². The minimum absolute atomic E-state index is 0.368. The van der Waals surface area contributed by atoms with Crippen molar-refractivity contribution in [2.24, 2.45) is 0 Å². The zero-order valence-electron chi connectivity index (χ0n) is 15.6. The Balaban J connectivity index is 0.000000329. The van der Waals surface area contributed by atoms with E-state index in [2.05, 4.69) is 15.4 Å². The van der Waals surface area contributed by atoms with Gasteiger partial charge in [0.05, 0.1) is 6.20 Å². The van der Waals surface area contributed by atoms with Crippen molar-refractivity contribution in [1.29, 1.82) is 0 Å². The van der Waals surface area contributed by atoms with Gasteiger partial charge in [0.2, 0.25) is 0 Å². The summed E-state index contributed by atoms with van der Waals surface area (Å²) in [5.74, 6) is 0.736. The summed E-state index contributed by atoms with van der Waals surface area (Å²) in [4.78, 5) is 0. The maximum Gasteiger partial charge on any atom is 0.282 e. The molecule has 0 radical (unpaired) electrons. The van der Waals surface area contributed by atoms with E-state index in [-0.39, 0.29) is 0 Å². The molecule has 0 spiro atoms. The maximum absolute atomic E-state index is 8.92. The van der Waals surface area contributed by atoms with Crippen LogP contribution in [0.2, 0.25) is 0 Å². The molecule has 1 heterocycles. The third-order valence-corrected chi connectivity index (χ3v) is 4.68. The second kappa shape index (κ2) is 16.2. The molecule has 0 aliphatic rings. The molecule has 0 aliphatic carbocycles. The van der Waals surface area contributed by atoms with Gasteiger partial charge in [0, 0.05) is 6.20 Å². The van der Waals surface area contributed by atoms with E-state index in [4.69, 9.17) is 18.4 Å². The number of aromatic hydroxyl groups is 2. The summed E-state index contributed by atoms with van der Waals surface area (Å²) in [6, 6.07) is 14.5. The molecular weight excluding hydrogens is 382 g/mol. The molecule has 0 saturated carbocycles. The number of phenolic OH excluding ortho intramolecular Hbond substituents is 2. The molecule has 0 fully saturated rings. The topological polar surface area (TPSA) is 100 Å². The van der Waals surface area contributed by atoms with Gasteiger partial charge < -0.3 is 18.4 Å². The highest BCUT2D eigenvalue weighted by atomic mass is 28.3. The molecule has 0 bridgehead atoms. The van der Waals surface area contributed by atoms with Crippen molar-refractivity contribution >= 4 is 31.0 Å². The first kappa shape index (κ1) is 23.8. The standard InChI is InChI=1S/2C7H8O.C2H3N3.H8O2Si3/c2*1-6-4-2-3-5-7(6)8;1-2-4-5-3-1;3-1-5-2-4/h2*2-5,8H,1H3;1-2H,(H,3,4,5);5H2,3-4H3. The van der Waals surface area contributed by atoms with Crippen LogP contribution in [0, 0.1) is 13.8 Å². The van der Waals surface area contributed by atoms with Gasteiger partial charge >= 0.3 is 0 Å². The molecule has 0 aliphatic heterocycles. The number of aryl methyl sites for hydroxylation is 2. The minimum Gasteiger partial charge on any atom is -0.508 e. The maximum atomic E-state index is 8.92. The first-order valence-electron chi connectivity index (χ1n) is 7.80. The average molecular weight is 410 g/mol. The summed E-state index contributed by atoms with van der Waals surface area (Å²) >= 11 is 0. The molecule has 10 heteroatoms. The van der Waals surface area contributed by atoms with Crippen molar-refractivity contribution < 1.29 is 18.4 Å². The summed E-state index contributed by atoms with van der Waals surface area (Å²) in [5.41, 5.74) is 1.85. The normalized spacial score (nSPS) is 9.46. The molecule has 1 aromatic heterocycles. The molecule has 0 atom stereocenters. The van der Waals surface area contributed by atoms with Crippen LogP contribution < -0.4 is 0 Å². The predicted molar refractivity (Wildman–Crippen MR) is 113 cm³/mol. The van der Waals surface area contributed by atoms with Gasteiger partial charge in [-0.05, 0) is 37.1 Å². The van der Waals surface area contributed by atoms with Crippen LogP contribution in [0.4, 0.5) is 0 Å². The molecule has 7 nitrogen and oxygen atoms in total. The Morgan fingerprint density at radius 1 is 0.885 bits per heavy atom. The first-order chi connectivity index (χ1) is 12.5. The van der Waals surface area contributed by atoms with Crippen LogP contribution in [0.15, 0.2) is 60.9 Å². The van der Waals surface area contributed by atoms with Crippen LogP contribution >= 0.6 is 0 Å². The van der Waals surface area contributed by atoms with Gasteiger partial charge in [-0.25, -0.2) is 0 Å². The number of nitrogens with one attached hydrogen (secondary N) is 1. The van der Waals surface area contributed by atoms with Gasteiger partial charge in [-0.2, -0.15) is 0 Å². The van der Waals surface area contributed by atoms with Crippen LogP contribution in [-0.4, -0.2) is 56.6 Å². The lowest BCUT2D eigenvalue weighted by atomic mass is 10.2. The van der Waals surface area contributed by atoms with E-state index in [0.29, 0.717) is 11.5 Å². The molecule has 2 aromatic carbocycles. The number of benzene rings is 2. The second-order valence-electron chi connectivity index (χ2n) is 4.93. The Morgan fingerprint density at radius 3 is 1.50 bits per heavy atom. The lowest BCUT2D eigenvalue weighted by Crippen LogP contribution is -1.96. The van der Waals surface area contributed by atoms with Crippen LogP contribution in [0.1, 0.15) is 11.1 Å². The number of rotatable bonds is 2. The highest BCUT2D eigenvalue weighted by Gasteiger charge is 1.87. The molecule has 0 saturated heterocycles. The van der Waals surface area contributed by atoms with Gasteiger partial charge in [-0.15, -0.1) is 5.10 Å². The van der Waals surface area contributed by atoms with Crippen molar-refractivity contribution in [1.82, 2.24) is 15.4 Å². The van der Waals surface area contributed by atoms with E-state index in [0.717, 1.165) is 32.1 Å². The van der Waals surface area contributed by atoms with Crippen molar-refractivity contribution in [2.45, 2.75) is 13.8 Å². The fourth-order valence-corrected chi connectivity index (χ4v) is 4.48. The van der Waals surface area contributed by atoms with Crippen LogP contribution in [0.5, 0.6) is 11.5 Å². The molecule has 142 valence electrons. The fraction of sp³-hybridized carbons (Fsp3) is 0.125. The number of hydrogen-bond acceptors (Lipinski definition) is 6. The van der Waals surface area contributed by atoms with Crippen molar-refractivity contribution in [3.8, 4) is 11.5 Å². The number of para-hydroxylation sites is 2. The van der Waals surface area contributed by atoms with Crippen molar-refractivity contribution in [3.63, 3.8) is 0 Å². The fourth-order valence-electron chi connectivity index (χ4n) is 1.41. The molecule has 0 unspecified atom stereocenters. The Bertz CT molecular complexity index is 583. The Kier molecular flexibility index (Phi) is 14.8. The molecule has 26 heavy (non-hydrogen) atoms. The second-order valence-corrected chi connectivity index (χ2v) is 9.78. The van der Waals surface area contributed by atoms with E-state index >= 15 is 0 Å². The van der Waals surface area contributed by atoms with Crippen LogP contribution in [-0.2, 0) is 8.23 Å². The third-order valence-electron chi connectivity index (χ3n) is 2.80. The Labute approximate surface area is 162 Å². The monoisotopic (exact) mass is 409 g/mol. The number of phenols is 2. The summed E-state index contributed by atoms with van der Waals surface area (Å²) in [7, 11) is 1.27.